The lowest BCUT2D eigenvalue weighted by molar-refractivity contribution is 0.127. The number of nitrogens with one attached hydrogen (secondary N) is 1. The molecule has 0 saturated carbocycles. The number of halogens is 2. The number of alkyl halides is 2. The molecule has 1 N–H and O–H groups in total. The van der Waals surface area contributed by atoms with Gasteiger partial charge >= 0.3 is 0 Å². The first kappa shape index (κ1) is 21.7. The van der Waals surface area contributed by atoms with Crippen LogP contribution in [0.3, 0.4) is 0 Å². The molecule has 0 amide bonds. The zero-order valence-corrected chi connectivity index (χ0v) is 18.9. The SMILES string of the molecule is CCCN1CCC(Nc2ncc3c(-c4ccc5nc(C)n(CC(F)F)c5n4)ccn3n2)CC1. The van der Waals surface area contributed by atoms with Crippen molar-refractivity contribution in [1.82, 2.24) is 34.0 Å². The van der Waals surface area contributed by atoms with Gasteiger partial charge in [-0.15, -0.1) is 5.10 Å². The number of piperidine rings is 1. The molecule has 8 nitrogen and oxygen atoms in total. The minimum absolute atomic E-state index is 0.369. The summed E-state index contributed by atoms with van der Waals surface area (Å²) in [5, 5.41) is 8.10. The van der Waals surface area contributed by atoms with E-state index in [1.807, 2.05) is 24.4 Å². The molecule has 0 radical (unpaired) electrons. The number of rotatable bonds is 7. The normalized spacial score (nSPS) is 15.8. The number of fused-ring (bicyclic) bond motifs is 2. The molecule has 0 bridgehead atoms. The van der Waals surface area contributed by atoms with Gasteiger partial charge in [-0.25, -0.2) is 28.2 Å². The van der Waals surface area contributed by atoms with Crippen LogP contribution in [0.2, 0.25) is 0 Å². The summed E-state index contributed by atoms with van der Waals surface area (Å²) in [6, 6.07) is 5.96. The molecule has 4 aromatic rings. The molecule has 0 unspecified atom stereocenters. The van der Waals surface area contributed by atoms with Crippen molar-refractivity contribution < 1.29 is 8.78 Å². The first-order valence-corrected chi connectivity index (χ1v) is 11.5. The maximum Gasteiger partial charge on any atom is 0.256 e. The Bertz CT molecular complexity index is 1260. The molecule has 5 rings (SSSR count). The predicted molar refractivity (Wildman–Crippen MR) is 124 cm³/mol. The van der Waals surface area contributed by atoms with E-state index in [-0.39, 0.29) is 0 Å². The lowest BCUT2D eigenvalue weighted by Gasteiger charge is -2.31. The van der Waals surface area contributed by atoms with Crippen LogP contribution in [0.1, 0.15) is 32.0 Å². The van der Waals surface area contributed by atoms with Gasteiger partial charge in [0.15, 0.2) is 5.65 Å². The van der Waals surface area contributed by atoms with Gasteiger partial charge in [-0.2, -0.15) is 0 Å². The highest BCUT2D eigenvalue weighted by Gasteiger charge is 2.20. The van der Waals surface area contributed by atoms with Crippen LogP contribution in [0.4, 0.5) is 14.7 Å². The summed E-state index contributed by atoms with van der Waals surface area (Å²) in [4.78, 5) is 16.1. The van der Waals surface area contributed by atoms with E-state index in [0.29, 0.717) is 34.7 Å². The molecule has 5 heterocycles. The van der Waals surface area contributed by atoms with Gasteiger partial charge in [0.25, 0.3) is 6.43 Å². The summed E-state index contributed by atoms with van der Waals surface area (Å²) < 4.78 is 29.3. The molecule has 10 heteroatoms. The van der Waals surface area contributed by atoms with Crippen molar-refractivity contribution >= 4 is 22.6 Å². The van der Waals surface area contributed by atoms with Gasteiger partial charge in [0.2, 0.25) is 5.95 Å². The molecule has 1 aliphatic rings. The molecular weight excluding hydrogens is 426 g/mol. The van der Waals surface area contributed by atoms with Crippen molar-refractivity contribution in [1.29, 1.82) is 0 Å². The molecule has 1 fully saturated rings. The summed E-state index contributed by atoms with van der Waals surface area (Å²) >= 11 is 0. The first-order chi connectivity index (χ1) is 16.0. The molecular formula is C23H28F2N8. The van der Waals surface area contributed by atoms with Crippen LogP contribution in [0.5, 0.6) is 0 Å². The van der Waals surface area contributed by atoms with Gasteiger partial charge in [-0.1, -0.05) is 6.92 Å². The van der Waals surface area contributed by atoms with Crippen LogP contribution in [0.15, 0.2) is 30.6 Å². The van der Waals surface area contributed by atoms with Crippen molar-refractivity contribution in [3.63, 3.8) is 0 Å². The minimum Gasteiger partial charge on any atom is -0.350 e. The van der Waals surface area contributed by atoms with E-state index in [9.17, 15) is 8.78 Å². The van der Waals surface area contributed by atoms with Crippen molar-refractivity contribution in [3.8, 4) is 11.3 Å². The van der Waals surface area contributed by atoms with Crippen LogP contribution < -0.4 is 5.32 Å². The average Bonchev–Trinajstić information content (AvgIpc) is 3.35. The predicted octanol–water partition coefficient (Wildman–Crippen LogP) is 4.00. The molecule has 1 saturated heterocycles. The standard InChI is InChI=1S/C23H28F2N8/c1-3-9-31-10-6-16(7-11-31)28-23-26-13-20-17(8-12-33(20)30-23)18-4-5-19-22(29-18)32(14-21(24)25)15(2)27-19/h4-5,8,12-13,16,21H,3,6-7,9-11,14H2,1-2H3,(H,28,30). The maximum atomic E-state index is 13.0. The highest BCUT2D eigenvalue weighted by molar-refractivity contribution is 5.82. The number of aryl methyl sites for hydroxylation is 1. The number of aromatic nitrogens is 6. The summed E-state index contributed by atoms with van der Waals surface area (Å²) in [6.07, 6.45) is 4.52. The summed E-state index contributed by atoms with van der Waals surface area (Å²) in [5.41, 5.74) is 3.39. The molecule has 33 heavy (non-hydrogen) atoms. The third-order valence-corrected chi connectivity index (χ3v) is 6.26. The van der Waals surface area contributed by atoms with Crippen LogP contribution in [0, 0.1) is 6.92 Å². The van der Waals surface area contributed by atoms with Crippen LogP contribution in [-0.4, -0.2) is 66.1 Å². The van der Waals surface area contributed by atoms with E-state index < -0.39 is 13.0 Å². The van der Waals surface area contributed by atoms with Gasteiger partial charge in [0.05, 0.1) is 24.0 Å². The Morgan fingerprint density at radius 2 is 1.97 bits per heavy atom. The Morgan fingerprint density at radius 1 is 1.15 bits per heavy atom. The molecule has 174 valence electrons. The Labute approximate surface area is 190 Å². The number of hydrogen-bond acceptors (Lipinski definition) is 6. The monoisotopic (exact) mass is 454 g/mol. The van der Waals surface area contributed by atoms with Crippen LogP contribution in [0.25, 0.3) is 27.9 Å². The second-order valence-electron chi connectivity index (χ2n) is 8.60. The molecule has 1 aliphatic heterocycles. The summed E-state index contributed by atoms with van der Waals surface area (Å²) in [5.74, 6) is 1.13. The Balaban J connectivity index is 1.38. The second kappa shape index (κ2) is 9.01. The van der Waals surface area contributed by atoms with Crippen molar-refractivity contribution in [3.05, 3.63) is 36.4 Å². The van der Waals surface area contributed by atoms with E-state index in [1.165, 1.54) is 11.0 Å². The zero-order chi connectivity index (χ0) is 22.9. The second-order valence-corrected chi connectivity index (χ2v) is 8.60. The smallest absolute Gasteiger partial charge is 0.256 e. The van der Waals surface area contributed by atoms with E-state index in [1.54, 1.807) is 17.6 Å². The number of hydrogen-bond donors (Lipinski definition) is 1. The number of likely N-dealkylation sites (tertiary alicyclic amines) is 1. The Hall–Kier alpha value is -3.14. The fourth-order valence-corrected chi connectivity index (χ4v) is 4.60. The zero-order valence-electron chi connectivity index (χ0n) is 18.9. The summed E-state index contributed by atoms with van der Waals surface area (Å²) in [6.45, 7) is 6.85. The molecule has 0 spiro atoms. The van der Waals surface area contributed by atoms with E-state index in [4.69, 9.17) is 0 Å². The summed E-state index contributed by atoms with van der Waals surface area (Å²) in [7, 11) is 0. The topological polar surface area (TPSA) is 76.2 Å². The minimum atomic E-state index is -2.47. The molecule has 0 aliphatic carbocycles. The number of imidazole rings is 1. The van der Waals surface area contributed by atoms with E-state index >= 15 is 0 Å². The van der Waals surface area contributed by atoms with Crippen LogP contribution >= 0.6 is 0 Å². The number of nitrogens with zero attached hydrogens (tertiary/aromatic N) is 7. The number of pyridine rings is 1. The lowest BCUT2D eigenvalue weighted by Crippen LogP contribution is -2.39. The highest BCUT2D eigenvalue weighted by Crippen LogP contribution is 2.27. The fraction of sp³-hybridized carbons (Fsp3) is 0.478. The molecule has 0 aromatic carbocycles. The fourth-order valence-electron chi connectivity index (χ4n) is 4.60. The van der Waals surface area contributed by atoms with Gasteiger partial charge in [0.1, 0.15) is 11.3 Å². The maximum absolute atomic E-state index is 13.0. The van der Waals surface area contributed by atoms with Crippen molar-refractivity contribution in [2.45, 2.75) is 52.1 Å². The molecule has 4 aromatic heterocycles. The average molecular weight is 455 g/mol. The Kier molecular flexibility index (Phi) is 5.92. The quantitative estimate of drug-likeness (QED) is 0.455. The third-order valence-electron chi connectivity index (χ3n) is 6.26. The van der Waals surface area contributed by atoms with Crippen LogP contribution in [-0.2, 0) is 6.54 Å². The lowest BCUT2D eigenvalue weighted by atomic mass is 10.1. The number of anilines is 1. The highest BCUT2D eigenvalue weighted by atomic mass is 19.3. The first-order valence-electron chi connectivity index (χ1n) is 11.5. The van der Waals surface area contributed by atoms with Gasteiger partial charge in [-0.3, -0.25) is 0 Å². The van der Waals surface area contributed by atoms with Gasteiger partial charge in [-0.05, 0) is 50.9 Å². The van der Waals surface area contributed by atoms with Gasteiger partial charge < -0.3 is 14.8 Å². The van der Waals surface area contributed by atoms with Crippen molar-refractivity contribution in [2.24, 2.45) is 0 Å². The van der Waals surface area contributed by atoms with E-state index in [0.717, 1.165) is 43.6 Å². The third kappa shape index (κ3) is 4.39. The van der Waals surface area contributed by atoms with Crippen molar-refractivity contribution in [2.75, 3.05) is 25.0 Å². The molecule has 0 atom stereocenters. The van der Waals surface area contributed by atoms with Gasteiger partial charge in [0, 0.05) is 30.9 Å². The van der Waals surface area contributed by atoms with E-state index in [2.05, 4.69) is 37.2 Å². The Morgan fingerprint density at radius 3 is 2.73 bits per heavy atom. The largest absolute Gasteiger partial charge is 0.350 e.